The molecule has 2 heterocycles. The second-order valence-electron chi connectivity index (χ2n) is 4.81. The number of nitrogens with zero attached hydrogens (tertiary/aromatic N) is 2. The standard InChI is InChI=1S/C15H14N2O4/c18-14(17-7-8-21-9-12(17)15(19)20)13-11-4-2-1-3-10(11)5-6-16-13/h1-6,12H,7-9H2,(H,19,20)/t12-/m0/s1. The Labute approximate surface area is 121 Å². The van der Waals surface area contributed by atoms with Crippen molar-refractivity contribution in [1.82, 2.24) is 9.88 Å². The van der Waals surface area contributed by atoms with Gasteiger partial charge in [-0.05, 0) is 11.5 Å². The Balaban J connectivity index is 2.01. The van der Waals surface area contributed by atoms with Crippen molar-refractivity contribution >= 4 is 22.6 Å². The van der Waals surface area contributed by atoms with Gasteiger partial charge in [-0.2, -0.15) is 0 Å². The Hall–Kier alpha value is -2.47. The maximum absolute atomic E-state index is 12.7. The predicted octanol–water partition coefficient (Wildman–Crippen LogP) is 1.16. The van der Waals surface area contributed by atoms with Gasteiger partial charge in [0, 0.05) is 18.1 Å². The Morgan fingerprint density at radius 1 is 1.29 bits per heavy atom. The molecule has 1 saturated heterocycles. The van der Waals surface area contributed by atoms with E-state index in [-0.39, 0.29) is 24.8 Å². The summed E-state index contributed by atoms with van der Waals surface area (Å²) < 4.78 is 5.15. The molecule has 108 valence electrons. The van der Waals surface area contributed by atoms with E-state index in [9.17, 15) is 14.7 Å². The third-order valence-electron chi connectivity index (χ3n) is 3.55. The fraction of sp³-hybridized carbons (Fsp3) is 0.267. The van der Waals surface area contributed by atoms with Crippen LogP contribution in [0, 0.1) is 0 Å². The number of pyridine rings is 1. The van der Waals surface area contributed by atoms with E-state index in [1.165, 1.54) is 4.90 Å². The summed E-state index contributed by atoms with van der Waals surface area (Å²) in [5, 5.41) is 10.8. The van der Waals surface area contributed by atoms with Gasteiger partial charge in [0.15, 0.2) is 6.04 Å². The first-order chi connectivity index (χ1) is 10.2. The number of aliphatic carboxylic acids is 1. The van der Waals surface area contributed by atoms with Crippen molar-refractivity contribution in [3.63, 3.8) is 0 Å². The molecule has 1 aromatic carbocycles. The summed E-state index contributed by atoms with van der Waals surface area (Å²) in [4.78, 5) is 29.4. The van der Waals surface area contributed by atoms with E-state index in [1.54, 1.807) is 6.20 Å². The van der Waals surface area contributed by atoms with Gasteiger partial charge in [-0.1, -0.05) is 24.3 Å². The number of hydrogen-bond donors (Lipinski definition) is 1. The molecule has 0 unspecified atom stereocenters. The molecule has 1 N–H and O–H groups in total. The van der Waals surface area contributed by atoms with E-state index in [2.05, 4.69) is 4.98 Å². The number of carbonyl (C=O) groups is 2. The zero-order valence-electron chi connectivity index (χ0n) is 11.2. The highest BCUT2D eigenvalue weighted by atomic mass is 16.5. The summed E-state index contributed by atoms with van der Waals surface area (Å²) in [5.41, 5.74) is 0.279. The molecule has 6 nitrogen and oxygen atoms in total. The lowest BCUT2D eigenvalue weighted by Crippen LogP contribution is -2.52. The van der Waals surface area contributed by atoms with Crippen LogP contribution in [0.5, 0.6) is 0 Å². The fourth-order valence-corrected chi connectivity index (χ4v) is 2.48. The molecule has 21 heavy (non-hydrogen) atoms. The predicted molar refractivity (Wildman–Crippen MR) is 75.0 cm³/mol. The van der Waals surface area contributed by atoms with Crippen LogP contribution in [0.25, 0.3) is 10.8 Å². The van der Waals surface area contributed by atoms with Gasteiger partial charge >= 0.3 is 5.97 Å². The minimum atomic E-state index is -1.07. The molecule has 1 aliphatic heterocycles. The molecule has 0 saturated carbocycles. The zero-order valence-corrected chi connectivity index (χ0v) is 11.2. The lowest BCUT2D eigenvalue weighted by atomic mass is 10.1. The Morgan fingerprint density at radius 2 is 2.10 bits per heavy atom. The van der Waals surface area contributed by atoms with Crippen LogP contribution in [0.15, 0.2) is 36.5 Å². The molecular formula is C15H14N2O4. The lowest BCUT2D eigenvalue weighted by Gasteiger charge is -2.32. The Kier molecular flexibility index (Phi) is 3.53. The number of ether oxygens (including phenoxy) is 1. The number of aromatic nitrogens is 1. The average molecular weight is 286 g/mol. The van der Waals surface area contributed by atoms with Crippen molar-refractivity contribution < 1.29 is 19.4 Å². The summed E-state index contributed by atoms with van der Waals surface area (Å²) in [6.07, 6.45) is 1.56. The van der Waals surface area contributed by atoms with Crippen molar-refractivity contribution in [3.8, 4) is 0 Å². The van der Waals surface area contributed by atoms with Gasteiger partial charge in [0.05, 0.1) is 13.2 Å². The minimum Gasteiger partial charge on any atom is -0.480 e. The van der Waals surface area contributed by atoms with Crippen LogP contribution < -0.4 is 0 Å². The molecule has 1 amide bonds. The molecule has 0 bridgehead atoms. The first-order valence-electron chi connectivity index (χ1n) is 6.64. The maximum atomic E-state index is 12.7. The molecule has 6 heteroatoms. The molecule has 0 radical (unpaired) electrons. The fourth-order valence-electron chi connectivity index (χ4n) is 2.48. The van der Waals surface area contributed by atoms with Gasteiger partial charge in [0.25, 0.3) is 5.91 Å². The molecule has 3 rings (SSSR count). The zero-order chi connectivity index (χ0) is 14.8. The molecule has 1 fully saturated rings. The third-order valence-corrected chi connectivity index (χ3v) is 3.55. The number of carbonyl (C=O) groups excluding carboxylic acids is 1. The smallest absolute Gasteiger partial charge is 0.328 e. The maximum Gasteiger partial charge on any atom is 0.328 e. The molecule has 1 aliphatic rings. The SMILES string of the molecule is O=C(O)[C@@H]1COCCN1C(=O)c1nccc2ccccc12. The van der Waals surface area contributed by atoms with Crippen LogP contribution in [-0.2, 0) is 9.53 Å². The largest absolute Gasteiger partial charge is 0.480 e. The molecule has 1 aromatic heterocycles. The van der Waals surface area contributed by atoms with E-state index in [0.717, 1.165) is 10.8 Å². The van der Waals surface area contributed by atoms with Crippen molar-refractivity contribution in [2.45, 2.75) is 6.04 Å². The number of hydrogen-bond acceptors (Lipinski definition) is 4. The van der Waals surface area contributed by atoms with Crippen LogP contribution in [0.4, 0.5) is 0 Å². The topological polar surface area (TPSA) is 79.7 Å². The molecular weight excluding hydrogens is 272 g/mol. The summed E-state index contributed by atoms with van der Waals surface area (Å²) in [7, 11) is 0. The Bertz CT molecular complexity index is 696. The van der Waals surface area contributed by atoms with E-state index in [1.807, 2.05) is 30.3 Å². The van der Waals surface area contributed by atoms with Crippen LogP contribution in [-0.4, -0.2) is 52.7 Å². The van der Waals surface area contributed by atoms with Gasteiger partial charge in [0.2, 0.25) is 0 Å². The van der Waals surface area contributed by atoms with E-state index >= 15 is 0 Å². The number of carboxylic acid groups (broad SMARTS) is 1. The number of benzene rings is 1. The van der Waals surface area contributed by atoms with Gasteiger partial charge < -0.3 is 14.7 Å². The van der Waals surface area contributed by atoms with Gasteiger partial charge in [-0.25, -0.2) is 4.79 Å². The summed E-state index contributed by atoms with van der Waals surface area (Å²) >= 11 is 0. The van der Waals surface area contributed by atoms with E-state index in [4.69, 9.17) is 4.74 Å². The van der Waals surface area contributed by atoms with Crippen LogP contribution >= 0.6 is 0 Å². The van der Waals surface area contributed by atoms with Crippen molar-refractivity contribution in [2.75, 3.05) is 19.8 Å². The summed E-state index contributed by atoms with van der Waals surface area (Å²) in [5.74, 6) is -1.44. The highest BCUT2D eigenvalue weighted by molar-refractivity contribution is 6.06. The summed E-state index contributed by atoms with van der Waals surface area (Å²) in [6.45, 7) is 0.590. The number of carboxylic acids is 1. The Morgan fingerprint density at radius 3 is 2.90 bits per heavy atom. The first kappa shape index (κ1) is 13.5. The molecule has 0 aliphatic carbocycles. The quantitative estimate of drug-likeness (QED) is 0.896. The highest BCUT2D eigenvalue weighted by Gasteiger charge is 2.34. The second kappa shape index (κ2) is 5.49. The molecule has 0 spiro atoms. The molecule has 1 atom stereocenters. The van der Waals surface area contributed by atoms with Gasteiger partial charge in [-0.3, -0.25) is 9.78 Å². The van der Waals surface area contributed by atoms with Crippen molar-refractivity contribution in [3.05, 3.63) is 42.2 Å². The first-order valence-corrected chi connectivity index (χ1v) is 6.64. The number of fused-ring (bicyclic) bond motifs is 1. The number of morpholine rings is 1. The van der Waals surface area contributed by atoms with Crippen LogP contribution in [0.1, 0.15) is 10.5 Å². The minimum absolute atomic E-state index is 0.00579. The van der Waals surface area contributed by atoms with Crippen molar-refractivity contribution in [2.24, 2.45) is 0 Å². The van der Waals surface area contributed by atoms with Crippen LogP contribution in [0.2, 0.25) is 0 Å². The van der Waals surface area contributed by atoms with Gasteiger partial charge in [0.1, 0.15) is 5.69 Å². The number of amides is 1. The van der Waals surface area contributed by atoms with E-state index in [0.29, 0.717) is 6.61 Å². The average Bonchev–Trinajstić information content (AvgIpc) is 2.53. The normalized spacial score (nSPS) is 18.7. The van der Waals surface area contributed by atoms with Crippen molar-refractivity contribution in [1.29, 1.82) is 0 Å². The van der Waals surface area contributed by atoms with Gasteiger partial charge in [-0.15, -0.1) is 0 Å². The second-order valence-corrected chi connectivity index (χ2v) is 4.81. The number of rotatable bonds is 2. The monoisotopic (exact) mass is 286 g/mol. The van der Waals surface area contributed by atoms with E-state index < -0.39 is 12.0 Å². The lowest BCUT2D eigenvalue weighted by molar-refractivity contribution is -0.147. The molecule has 2 aromatic rings. The highest BCUT2D eigenvalue weighted by Crippen LogP contribution is 2.20. The summed E-state index contributed by atoms with van der Waals surface area (Å²) in [6, 6.07) is 8.26. The third kappa shape index (κ3) is 2.45. The van der Waals surface area contributed by atoms with Crippen LogP contribution in [0.3, 0.4) is 0 Å².